The summed E-state index contributed by atoms with van der Waals surface area (Å²) in [5.41, 5.74) is 0. The molecule has 6 nitrogen and oxygen atoms in total. The molecule has 0 aromatic rings. The van der Waals surface area contributed by atoms with Crippen molar-refractivity contribution in [1.29, 1.82) is 0 Å². The number of allylic oxidation sites excluding steroid dienone is 4. The molecule has 0 bridgehead atoms. The van der Waals surface area contributed by atoms with Gasteiger partial charge in [-0.15, -0.1) is 0 Å². The summed E-state index contributed by atoms with van der Waals surface area (Å²) in [4.78, 5) is 24.6. The van der Waals surface area contributed by atoms with E-state index in [4.69, 9.17) is 4.74 Å². The summed E-state index contributed by atoms with van der Waals surface area (Å²) in [7, 11) is 0. The monoisotopic (exact) mass is 1150 g/mol. The first-order valence-electron chi connectivity index (χ1n) is 37.6. The van der Waals surface area contributed by atoms with E-state index in [9.17, 15) is 19.8 Å². The van der Waals surface area contributed by atoms with Crippen LogP contribution in [0.3, 0.4) is 0 Å². The van der Waals surface area contributed by atoms with Crippen molar-refractivity contribution in [2.45, 2.75) is 437 Å². The number of carbonyl (C=O) groups is 2. The van der Waals surface area contributed by atoms with Crippen LogP contribution in [0.15, 0.2) is 24.3 Å². The van der Waals surface area contributed by atoms with E-state index in [0.29, 0.717) is 25.9 Å². The molecule has 0 rings (SSSR count). The second-order valence-electron chi connectivity index (χ2n) is 26.0. The Labute approximate surface area is 513 Å². The molecule has 1 amide bonds. The van der Waals surface area contributed by atoms with Gasteiger partial charge in [-0.1, -0.05) is 385 Å². The number of rotatable bonds is 71. The van der Waals surface area contributed by atoms with Gasteiger partial charge in [0.25, 0.3) is 0 Å². The van der Waals surface area contributed by atoms with E-state index in [-0.39, 0.29) is 18.5 Å². The SMILES string of the molecule is CCCC/C=C\C/C=C\CCCCCCCC(=O)OCCCCCCCCCCCCCCCCCCCCCCCCCCCCCCCCCCCC(=O)NC(CO)C(O)CCCCCCCCCCCCCCCCCCCC. The fourth-order valence-electron chi connectivity index (χ4n) is 12.0. The molecule has 0 aliphatic rings. The maximum atomic E-state index is 12.5. The Kier molecular flexibility index (Phi) is 70.4. The topological polar surface area (TPSA) is 95.9 Å². The smallest absolute Gasteiger partial charge is 0.305 e. The summed E-state index contributed by atoms with van der Waals surface area (Å²) < 4.78 is 5.49. The van der Waals surface area contributed by atoms with Crippen LogP contribution in [0.5, 0.6) is 0 Å². The van der Waals surface area contributed by atoms with Crippen LogP contribution in [0.2, 0.25) is 0 Å². The number of amides is 1. The van der Waals surface area contributed by atoms with Crippen molar-refractivity contribution in [3.05, 3.63) is 24.3 Å². The number of aliphatic hydroxyl groups excluding tert-OH is 2. The molecule has 0 radical (unpaired) electrons. The van der Waals surface area contributed by atoms with E-state index < -0.39 is 12.1 Å². The number of carbonyl (C=O) groups excluding carboxylic acids is 2. The van der Waals surface area contributed by atoms with E-state index in [1.807, 2.05) is 0 Å². The average Bonchev–Trinajstić information content (AvgIpc) is 3.48. The number of hydrogen-bond donors (Lipinski definition) is 3. The Hall–Kier alpha value is -1.66. The predicted molar refractivity (Wildman–Crippen MR) is 361 cm³/mol. The van der Waals surface area contributed by atoms with Crippen molar-refractivity contribution in [2.24, 2.45) is 0 Å². The van der Waals surface area contributed by atoms with Crippen molar-refractivity contribution in [3.8, 4) is 0 Å². The molecule has 3 N–H and O–H groups in total. The van der Waals surface area contributed by atoms with Crippen molar-refractivity contribution in [1.82, 2.24) is 5.32 Å². The molecule has 0 heterocycles. The van der Waals surface area contributed by atoms with Gasteiger partial charge >= 0.3 is 5.97 Å². The van der Waals surface area contributed by atoms with Crippen molar-refractivity contribution in [3.63, 3.8) is 0 Å². The van der Waals surface area contributed by atoms with E-state index in [1.165, 1.54) is 340 Å². The summed E-state index contributed by atoms with van der Waals surface area (Å²) in [5, 5.41) is 23.4. The highest BCUT2D eigenvalue weighted by atomic mass is 16.5. The Morgan fingerprint density at radius 2 is 0.622 bits per heavy atom. The van der Waals surface area contributed by atoms with Crippen LogP contribution >= 0.6 is 0 Å². The Morgan fingerprint density at radius 3 is 0.963 bits per heavy atom. The highest BCUT2D eigenvalue weighted by Gasteiger charge is 2.20. The summed E-state index contributed by atoms with van der Waals surface area (Å²) in [6.07, 6.45) is 91.1. The van der Waals surface area contributed by atoms with Crippen LogP contribution in [0, 0.1) is 0 Å². The largest absolute Gasteiger partial charge is 0.466 e. The molecule has 0 aromatic heterocycles. The molecule has 0 aliphatic heterocycles. The van der Waals surface area contributed by atoms with E-state index in [0.717, 1.165) is 51.4 Å². The number of nitrogens with one attached hydrogen (secondary N) is 1. The van der Waals surface area contributed by atoms with Gasteiger partial charge in [0.2, 0.25) is 5.91 Å². The van der Waals surface area contributed by atoms with E-state index in [1.54, 1.807) is 0 Å². The van der Waals surface area contributed by atoms with Crippen LogP contribution in [0.25, 0.3) is 0 Å². The standard InChI is InChI=1S/C76H147NO5/c1-3-5-7-9-11-13-15-17-19-20-38-41-44-48-52-56-60-64-68-74(79)73(72-78)77-75(80)69-65-61-57-53-49-45-42-39-36-34-32-30-28-26-24-22-21-23-25-27-29-31-33-35-37-40-43-47-51-55-59-63-67-71-82-76(81)70-66-62-58-54-50-46-18-16-14-12-10-8-6-4-2/h10,12,16,18,73-74,78-79H,3-9,11,13-15,17,19-72H2,1-2H3,(H,77,80)/b12-10-,18-16-. The molecule has 0 aliphatic carbocycles. The molecule has 0 fully saturated rings. The minimum Gasteiger partial charge on any atom is -0.466 e. The summed E-state index contributed by atoms with van der Waals surface area (Å²) in [5.74, 6) is -0.0181. The second-order valence-corrected chi connectivity index (χ2v) is 26.0. The number of esters is 1. The summed E-state index contributed by atoms with van der Waals surface area (Å²) in [6.45, 7) is 4.95. The molecule has 486 valence electrons. The predicted octanol–water partition coefficient (Wildman–Crippen LogP) is 24.5. The lowest BCUT2D eigenvalue weighted by Gasteiger charge is -2.22. The fraction of sp³-hybridized carbons (Fsp3) is 0.921. The Morgan fingerprint density at radius 1 is 0.341 bits per heavy atom. The minimum absolute atomic E-state index is 0.00772. The summed E-state index contributed by atoms with van der Waals surface area (Å²) >= 11 is 0. The maximum absolute atomic E-state index is 12.5. The lowest BCUT2D eigenvalue weighted by molar-refractivity contribution is -0.143. The quantitative estimate of drug-likeness (QED) is 0.0320. The first kappa shape index (κ1) is 80.3. The second kappa shape index (κ2) is 71.8. The highest BCUT2D eigenvalue weighted by Crippen LogP contribution is 2.20. The van der Waals surface area contributed by atoms with E-state index in [2.05, 4.69) is 43.5 Å². The maximum Gasteiger partial charge on any atom is 0.305 e. The zero-order valence-electron chi connectivity index (χ0n) is 55.8. The highest BCUT2D eigenvalue weighted by molar-refractivity contribution is 5.76. The van der Waals surface area contributed by atoms with Crippen LogP contribution in [-0.4, -0.2) is 47.4 Å². The average molecular weight is 1160 g/mol. The van der Waals surface area contributed by atoms with E-state index >= 15 is 0 Å². The molecule has 0 aromatic carbocycles. The van der Waals surface area contributed by atoms with Gasteiger partial charge in [0.15, 0.2) is 0 Å². The Bertz CT molecular complexity index is 1280. The summed E-state index contributed by atoms with van der Waals surface area (Å²) in [6, 6.07) is -0.538. The van der Waals surface area contributed by atoms with Crippen molar-refractivity contribution < 1.29 is 24.5 Å². The van der Waals surface area contributed by atoms with Gasteiger partial charge in [-0.3, -0.25) is 9.59 Å². The first-order valence-corrected chi connectivity index (χ1v) is 37.6. The van der Waals surface area contributed by atoms with Gasteiger partial charge in [-0.25, -0.2) is 0 Å². The van der Waals surface area contributed by atoms with Crippen molar-refractivity contribution >= 4 is 11.9 Å². The number of unbranched alkanes of at least 4 members (excludes halogenated alkanes) is 56. The minimum atomic E-state index is -0.661. The van der Waals surface area contributed by atoms with Crippen LogP contribution < -0.4 is 5.32 Å². The first-order chi connectivity index (χ1) is 40.5. The third-order valence-electron chi connectivity index (χ3n) is 17.8. The van der Waals surface area contributed by atoms with Gasteiger partial charge in [0, 0.05) is 12.8 Å². The van der Waals surface area contributed by atoms with Gasteiger partial charge < -0.3 is 20.3 Å². The van der Waals surface area contributed by atoms with Crippen LogP contribution in [0.1, 0.15) is 425 Å². The normalized spacial score (nSPS) is 12.6. The van der Waals surface area contributed by atoms with Crippen LogP contribution in [0.4, 0.5) is 0 Å². The lowest BCUT2D eigenvalue weighted by atomic mass is 10.0. The van der Waals surface area contributed by atoms with Gasteiger partial charge in [-0.2, -0.15) is 0 Å². The molecular formula is C76H147NO5. The van der Waals surface area contributed by atoms with Gasteiger partial charge in [0.05, 0.1) is 25.4 Å². The lowest BCUT2D eigenvalue weighted by Crippen LogP contribution is -2.45. The Balaban J connectivity index is 3.32. The van der Waals surface area contributed by atoms with Crippen molar-refractivity contribution in [2.75, 3.05) is 13.2 Å². The molecular weight excluding hydrogens is 1010 g/mol. The van der Waals surface area contributed by atoms with Gasteiger partial charge in [-0.05, 0) is 51.4 Å². The van der Waals surface area contributed by atoms with Crippen LogP contribution in [-0.2, 0) is 14.3 Å². The van der Waals surface area contributed by atoms with Gasteiger partial charge in [0.1, 0.15) is 0 Å². The number of hydrogen-bond acceptors (Lipinski definition) is 5. The molecule has 0 spiro atoms. The molecule has 2 atom stereocenters. The number of ether oxygens (including phenoxy) is 1. The molecule has 0 saturated heterocycles. The third kappa shape index (κ3) is 67.5. The molecule has 6 heteroatoms. The number of aliphatic hydroxyl groups is 2. The zero-order chi connectivity index (χ0) is 59.2. The molecule has 82 heavy (non-hydrogen) atoms. The molecule has 0 saturated carbocycles. The zero-order valence-corrected chi connectivity index (χ0v) is 55.8. The fourth-order valence-corrected chi connectivity index (χ4v) is 12.0. The molecule has 2 unspecified atom stereocenters. The third-order valence-corrected chi connectivity index (χ3v) is 17.8.